The van der Waals surface area contributed by atoms with E-state index in [0.717, 1.165) is 36.5 Å². The van der Waals surface area contributed by atoms with Crippen LogP contribution in [0.25, 0.3) is 0 Å². The molecule has 1 aromatic heterocycles. The monoisotopic (exact) mass is 309 g/mol. The maximum atomic E-state index is 12.1. The highest BCUT2D eigenvalue weighted by Crippen LogP contribution is 2.30. The van der Waals surface area contributed by atoms with E-state index < -0.39 is 0 Å². The Kier molecular flexibility index (Phi) is 4.60. The van der Waals surface area contributed by atoms with Crippen molar-refractivity contribution in [1.29, 1.82) is 0 Å². The Bertz CT molecular complexity index is 694. The number of carbonyl (C=O) groups excluding carboxylic acids is 1. The summed E-state index contributed by atoms with van der Waals surface area (Å²) in [5.41, 5.74) is 5.60. The molecule has 1 aromatic carbocycles. The summed E-state index contributed by atoms with van der Waals surface area (Å²) < 4.78 is 0. The van der Waals surface area contributed by atoms with Gasteiger partial charge in [-0.05, 0) is 55.2 Å². The van der Waals surface area contributed by atoms with Crippen molar-refractivity contribution >= 4 is 17.3 Å². The van der Waals surface area contributed by atoms with Gasteiger partial charge in [0.1, 0.15) is 0 Å². The maximum absolute atomic E-state index is 12.1. The molecule has 0 unspecified atom stereocenters. The SMILES string of the molecule is CCCN1C(=O)CCc2cc(NCc3ccc(C)cn3)ccc21. The number of rotatable bonds is 5. The molecule has 0 fully saturated rings. The number of nitrogens with zero attached hydrogens (tertiary/aromatic N) is 2. The third-order valence-corrected chi connectivity index (χ3v) is 4.17. The van der Waals surface area contributed by atoms with Gasteiger partial charge in [-0.1, -0.05) is 13.0 Å². The average molecular weight is 309 g/mol. The Morgan fingerprint density at radius 3 is 2.83 bits per heavy atom. The number of anilines is 2. The minimum atomic E-state index is 0.240. The normalized spacial score (nSPS) is 13.8. The van der Waals surface area contributed by atoms with Gasteiger partial charge >= 0.3 is 0 Å². The number of pyridine rings is 1. The Labute approximate surface area is 137 Å². The van der Waals surface area contributed by atoms with Crippen LogP contribution in [0.1, 0.15) is 36.6 Å². The van der Waals surface area contributed by atoms with Crippen molar-refractivity contribution < 1.29 is 4.79 Å². The van der Waals surface area contributed by atoms with Gasteiger partial charge in [0.25, 0.3) is 0 Å². The molecule has 1 amide bonds. The summed E-state index contributed by atoms with van der Waals surface area (Å²) in [6, 6.07) is 10.4. The van der Waals surface area contributed by atoms with Crippen LogP contribution >= 0.6 is 0 Å². The second-order valence-corrected chi connectivity index (χ2v) is 6.07. The molecule has 0 atom stereocenters. The quantitative estimate of drug-likeness (QED) is 0.916. The van der Waals surface area contributed by atoms with E-state index in [0.29, 0.717) is 13.0 Å². The van der Waals surface area contributed by atoms with Crippen molar-refractivity contribution in [2.24, 2.45) is 0 Å². The largest absolute Gasteiger partial charge is 0.379 e. The van der Waals surface area contributed by atoms with Gasteiger partial charge in [-0.2, -0.15) is 0 Å². The minimum Gasteiger partial charge on any atom is -0.379 e. The first-order valence-corrected chi connectivity index (χ1v) is 8.26. The van der Waals surface area contributed by atoms with Crippen LogP contribution in [-0.2, 0) is 17.8 Å². The molecule has 0 saturated carbocycles. The van der Waals surface area contributed by atoms with Crippen LogP contribution in [0.3, 0.4) is 0 Å². The van der Waals surface area contributed by atoms with Crippen molar-refractivity contribution in [3.8, 4) is 0 Å². The lowest BCUT2D eigenvalue weighted by Gasteiger charge is -2.29. The molecule has 0 saturated heterocycles. The molecule has 0 spiro atoms. The highest BCUT2D eigenvalue weighted by molar-refractivity contribution is 5.96. The van der Waals surface area contributed by atoms with E-state index >= 15 is 0 Å². The lowest BCUT2D eigenvalue weighted by atomic mass is 10.00. The number of aromatic nitrogens is 1. The van der Waals surface area contributed by atoms with Crippen LogP contribution < -0.4 is 10.2 Å². The first kappa shape index (κ1) is 15.5. The van der Waals surface area contributed by atoms with Crippen LogP contribution in [-0.4, -0.2) is 17.4 Å². The van der Waals surface area contributed by atoms with E-state index in [1.165, 1.54) is 11.1 Å². The summed E-state index contributed by atoms with van der Waals surface area (Å²) in [5, 5.41) is 3.42. The van der Waals surface area contributed by atoms with Gasteiger partial charge < -0.3 is 10.2 Å². The van der Waals surface area contributed by atoms with Crippen molar-refractivity contribution in [2.45, 2.75) is 39.7 Å². The van der Waals surface area contributed by atoms with Gasteiger partial charge in [0.2, 0.25) is 5.91 Å². The highest BCUT2D eigenvalue weighted by Gasteiger charge is 2.23. The smallest absolute Gasteiger partial charge is 0.227 e. The van der Waals surface area contributed by atoms with Crippen molar-refractivity contribution in [1.82, 2.24) is 4.98 Å². The van der Waals surface area contributed by atoms with Crippen molar-refractivity contribution in [2.75, 3.05) is 16.8 Å². The number of fused-ring (bicyclic) bond motifs is 1. The van der Waals surface area contributed by atoms with E-state index in [1.807, 2.05) is 30.2 Å². The summed E-state index contributed by atoms with van der Waals surface area (Å²) in [6.07, 6.45) is 4.30. The Morgan fingerprint density at radius 2 is 2.09 bits per heavy atom. The number of aryl methyl sites for hydroxylation is 2. The van der Waals surface area contributed by atoms with E-state index in [4.69, 9.17) is 0 Å². The molecule has 0 radical (unpaired) electrons. The van der Waals surface area contributed by atoms with Gasteiger partial charge in [-0.15, -0.1) is 0 Å². The summed E-state index contributed by atoms with van der Waals surface area (Å²) in [7, 11) is 0. The zero-order valence-corrected chi connectivity index (χ0v) is 13.8. The molecule has 1 N–H and O–H groups in total. The second-order valence-electron chi connectivity index (χ2n) is 6.07. The van der Waals surface area contributed by atoms with Crippen LogP contribution in [0.15, 0.2) is 36.5 Å². The van der Waals surface area contributed by atoms with Crippen molar-refractivity contribution in [3.63, 3.8) is 0 Å². The number of hydrogen-bond donors (Lipinski definition) is 1. The number of benzene rings is 1. The molecule has 23 heavy (non-hydrogen) atoms. The fraction of sp³-hybridized carbons (Fsp3) is 0.368. The number of hydrogen-bond acceptors (Lipinski definition) is 3. The van der Waals surface area contributed by atoms with E-state index in [-0.39, 0.29) is 5.91 Å². The van der Waals surface area contributed by atoms with Crippen LogP contribution in [0.2, 0.25) is 0 Å². The predicted octanol–water partition coefficient (Wildman–Crippen LogP) is 3.69. The standard InChI is InChI=1S/C19H23N3O/c1-3-10-22-18-8-7-16(11-15(18)5-9-19(22)23)21-13-17-6-4-14(2)12-20-17/h4,6-8,11-12,21H,3,5,9-10,13H2,1-2H3. The van der Waals surface area contributed by atoms with E-state index in [2.05, 4.69) is 35.4 Å². The molecule has 2 aromatic rings. The molecule has 3 rings (SSSR count). The number of carbonyl (C=O) groups is 1. The molecule has 1 aliphatic heterocycles. The van der Waals surface area contributed by atoms with Gasteiger partial charge in [0.15, 0.2) is 0 Å². The second kappa shape index (κ2) is 6.82. The molecule has 4 nitrogen and oxygen atoms in total. The molecule has 0 bridgehead atoms. The zero-order valence-electron chi connectivity index (χ0n) is 13.8. The van der Waals surface area contributed by atoms with Crippen LogP contribution in [0.5, 0.6) is 0 Å². The predicted molar refractivity (Wildman–Crippen MR) is 93.7 cm³/mol. The number of nitrogens with one attached hydrogen (secondary N) is 1. The fourth-order valence-corrected chi connectivity index (χ4v) is 2.93. The van der Waals surface area contributed by atoms with Crippen LogP contribution in [0, 0.1) is 6.92 Å². The van der Waals surface area contributed by atoms with Gasteiger partial charge in [-0.25, -0.2) is 0 Å². The van der Waals surface area contributed by atoms with E-state index in [9.17, 15) is 4.79 Å². The van der Waals surface area contributed by atoms with Crippen LogP contribution in [0.4, 0.5) is 11.4 Å². The Morgan fingerprint density at radius 1 is 1.22 bits per heavy atom. The van der Waals surface area contributed by atoms with Gasteiger partial charge in [0, 0.05) is 30.5 Å². The maximum Gasteiger partial charge on any atom is 0.227 e. The summed E-state index contributed by atoms with van der Waals surface area (Å²) in [5.74, 6) is 0.240. The molecular formula is C19H23N3O. The third kappa shape index (κ3) is 3.52. The zero-order chi connectivity index (χ0) is 16.2. The van der Waals surface area contributed by atoms with Gasteiger partial charge in [-0.3, -0.25) is 9.78 Å². The van der Waals surface area contributed by atoms with Crippen molar-refractivity contribution in [3.05, 3.63) is 53.3 Å². The highest BCUT2D eigenvalue weighted by atomic mass is 16.2. The topological polar surface area (TPSA) is 45.2 Å². The first-order valence-electron chi connectivity index (χ1n) is 8.26. The number of amides is 1. The molecule has 0 aliphatic carbocycles. The first-order chi connectivity index (χ1) is 11.2. The Balaban J connectivity index is 1.73. The summed E-state index contributed by atoms with van der Waals surface area (Å²) >= 11 is 0. The molecular weight excluding hydrogens is 286 g/mol. The average Bonchev–Trinajstić information content (AvgIpc) is 2.57. The molecule has 120 valence electrons. The van der Waals surface area contributed by atoms with Gasteiger partial charge in [0.05, 0.1) is 12.2 Å². The molecule has 2 heterocycles. The minimum absolute atomic E-state index is 0.240. The van der Waals surface area contributed by atoms with E-state index in [1.54, 1.807) is 0 Å². The lowest BCUT2D eigenvalue weighted by Crippen LogP contribution is -2.35. The summed E-state index contributed by atoms with van der Waals surface area (Å²) in [6.45, 7) is 5.64. The Hall–Kier alpha value is -2.36. The lowest BCUT2D eigenvalue weighted by molar-refractivity contribution is -0.118. The molecule has 4 heteroatoms. The fourth-order valence-electron chi connectivity index (χ4n) is 2.93. The summed E-state index contributed by atoms with van der Waals surface area (Å²) in [4.78, 5) is 18.4. The third-order valence-electron chi connectivity index (χ3n) is 4.17. The molecule has 1 aliphatic rings.